The van der Waals surface area contributed by atoms with Gasteiger partial charge in [0.15, 0.2) is 37.0 Å². The van der Waals surface area contributed by atoms with Crippen molar-refractivity contribution in [3.63, 3.8) is 0 Å². The van der Waals surface area contributed by atoms with Gasteiger partial charge in [-0.05, 0) is 108 Å². The molecule has 0 aromatic carbocycles. The molecule has 0 saturated heterocycles. The number of esters is 3. The first kappa shape index (κ1) is 98.9. The van der Waals surface area contributed by atoms with Gasteiger partial charge in [-0.3, -0.25) is 14.4 Å². The molecule has 0 unspecified atom stereocenters. The van der Waals surface area contributed by atoms with Crippen LogP contribution in [0.2, 0.25) is 21.0 Å². The minimum absolute atomic E-state index is 0. The van der Waals surface area contributed by atoms with Crippen molar-refractivity contribution in [1.29, 1.82) is 0 Å². The molecule has 6 rings (SSSR count). The van der Waals surface area contributed by atoms with E-state index >= 15 is 0 Å². The van der Waals surface area contributed by atoms with E-state index in [1.54, 1.807) is 25.6 Å². The monoisotopic (exact) mass is 1620 g/mol. The van der Waals surface area contributed by atoms with E-state index in [1.165, 1.54) is 208 Å². The molecule has 0 spiro atoms. The van der Waals surface area contributed by atoms with E-state index in [0.29, 0.717) is 63.9 Å². The summed E-state index contributed by atoms with van der Waals surface area (Å²) in [5.74, 6) is 2.34. The van der Waals surface area contributed by atoms with E-state index in [4.69, 9.17) is 46.4 Å². The quantitative estimate of drug-likeness (QED) is 0.00503. The number of halogens is 4. The third-order valence-corrected chi connectivity index (χ3v) is 22.2. The Morgan fingerprint density at radius 1 is 0.377 bits per heavy atom. The molecule has 6 aromatic heterocycles. The number of thioether (sulfide) groups is 1. The molecule has 0 radical (unpaired) electrons. The molecule has 0 aliphatic carbocycles. The minimum atomic E-state index is -3.61. The Kier molecular flexibility index (Phi) is 54.8. The number of fused-ring (bicyclic) bond motifs is 3. The third-order valence-electron chi connectivity index (χ3n) is 18.4. The normalized spacial score (nSPS) is 11.5. The zero-order chi connectivity index (χ0) is 77.4. The van der Waals surface area contributed by atoms with Gasteiger partial charge in [0.25, 0.3) is 0 Å². The molecule has 0 atom stereocenters. The average molecular weight is 1620 g/mol. The van der Waals surface area contributed by atoms with Crippen molar-refractivity contribution in [2.75, 3.05) is 21.3 Å². The molecule has 6 heterocycles. The summed E-state index contributed by atoms with van der Waals surface area (Å²) in [6, 6.07) is 0. The largest absolute Gasteiger partial charge is 1.00 e. The van der Waals surface area contributed by atoms with E-state index in [9.17, 15) is 22.8 Å². The Balaban J connectivity index is 0.000000525. The van der Waals surface area contributed by atoms with Crippen molar-refractivity contribution in [3.05, 3.63) is 38.5 Å². The first-order valence-electron chi connectivity index (χ1n) is 39.5. The number of sulfone groups is 1. The van der Waals surface area contributed by atoms with Crippen LogP contribution < -0.4 is 29.6 Å². The van der Waals surface area contributed by atoms with E-state index in [0.717, 1.165) is 111 Å². The Bertz CT molecular complexity index is 3520. The van der Waals surface area contributed by atoms with Gasteiger partial charge in [0.05, 0.1) is 26.6 Å². The summed E-state index contributed by atoms with van der Waals surface area (Å²) in [4.78, 5) is 72.0. The Hall–Kier alpha value is -3.13. The summed E-state index contributed by atoms with van der Waals surface area (Å²) in [6.45, 7) is 20.0. The number of carbonyl (C=O) groups excluding carboxylic acids is 3. The molecule has 0 fully saturated rings. The van der Waals surface area contributed by atoms with E-state index in [-0.39, 0.29) is 68.3 Å². The molecule has 596 valence electrons. The third kappa shape index (κ3) is 40.9. The smallest absolute Gasteiger partial charge is 0.790 e. The van der Waals surface area contributed by atoms with Crippen LogP contribution in [0.5, 0.6) is 0 Å². The molecular weight excluding hydrogens is 1490 g/mol. The van der Waals surface area contributed by atoms with Gasteiger partial charge in [0.1, 0.15) is 39.0 Å². The number of nitrogens with zero attached hydrogens (tertiary/aromatic N) is 12. The molecule has 0 aliphatic heterocycles. The molecule has 106 heavy (non-hydrogen) atoms. The van der Waals surface area contributed by atoms with Crippen molar-refractivity contribution >= 4 is 132 Å². The van der Waals surface area contributed by atoms with Crippen molar-refractivity contribution in [3.8, 4) is 0 Å². The maximum atomic E-state index is 12.9. The van der Waals surface area contributed by atoms with Gasteiger partial charge < -0.3 is 40.5 Å². The van der Waals surface area contributed by atoms with Crippen molar-refractivity contribution in [1.82, 2.24) is 58.6 Å². The van der Waals surface area contributed by atoms with Crippen LogP contribution in [0.25, 0.3) is 33.5 Å². The van der Waals surface area contributed by atoms with E-state index < -0.39 is 15.1 Å². The Morgan fingerprint density at radius 3 is 0.915 bits per heavy atom. The number of rotatable bonds is 52. The SMILES string of the molecule is CC(C)[S-].COC(=O)CCCCCCCCCCCCCCCn1c(C)nc2nc(Cl)nc(Cl)c21.COC(=O)CCCCCCCCCCCCCCCn1c(C)nc2nc(Cl)nc(S(=O)(=O)C(C)C)c21.COC(=O)CCCCCCCCCCCCCCCn1c(C)nc2nc(Cl)nc(SC(C)C)c21.[Na+]. The number of hydrogen-bond donors (Lipinski definition) is 0. The molecule has 6 aromatic rings. The summed E-state index contributed by atoms with van der Waals surface area (Å²) < 4.78 is 46.1. The van der Waals surface area contributed by atoms with Gasteiger partial charge in [0, 0.05) is 44.1 Å². The maximum absolute atomic E-state index is 12.9. The zero-order valence-electron chi connectivity index (χ0n) is 66.9. The molecule has 0 aliphatic rings. The summed E-state index contributed by atoms with van der Waals surface area (Å²) in [5, 5.41) is 1.85. The predicted molar refractivity (Wildman–Crippen MR) is 436 cm³/mol. The summed E-state index contributed by atoms with van der Waals surface area (Å²) in [6.07, 6.45) is 49.4. The van der Waals surface area contributed by atoms with Crippen LogP contribution in [0.3, 0.4) is 0 Å². The van der Waals surface area contributed by atoms with Gasteiger partial charge in [-0.15, -0.1) is 11.8 Å². The van der Waals surface area contributed by atoms with Gasteiger partial charge in [0.2, 0.25) is 15.9 Å². The van der Waals surface area contributed by atoms with Gasteiger partial charge >= 0.3 is 47.5 Å². The van der Waals surface area contributed by atoms with Crippen molar-refractivity contribution < 1.29 is 66.6 Å². The van der Waals surface area contributed by atoms with Crippen LogP contribution in [-0.2, 0) is 70.7 Å². The molecule has 0 N–H and O–H groups in total. The first-order chi connectivity index (χ1) is 50.4. The van der Waals surface area contributed by atoms with Crippen LogP contribution in [-0.4, -0.2) is 122 Å². The summed E-state index contributed by atoms with van der Waals surface area (Å²) in [5.41, 5.74) is 3.91. The number of ether oxygens (including phenoxy) is 3. The Labute approximate surface area is 688 Å². The molecule has 0 saturated carbocycles. The second-order valence-corrected chi connectivity index (χ2v) is 34.7. The van der Waals surface area contributed by atoms with Crippen LogP contribution in [0.15, 0.2) is 10.1 Å². The maximum Gasteiger partial charge on any atom is 1.00 e. The number of imidazole rings is 3. The molecule has 0 amide bonds. The number of hydrogen-bond acceptors (Lipinski definition) is 19. The molecule has 0 bridgehead atoms. The van der Waals surface area contributed by atoms with Gasteiger partial charge in [-0.25, -0.2) is 38.3 Å². The van der Waals surface area contributed by atoms with Gasteiger partial charge in [-0.1, -0.05) is 251 Å². The number of methoxy groups -OCH3 is 3. The van der Waals surface area contributed by atoms with Crippen LogP contribution in [0.1, 0.15) is 329 Å². The zero-order valence-corrected chi connectivity index (χ0v) is 74.4. The van der Waals surface area contributed by atoms with E-state index in [1.807, 2.05) is 39.2 Å². The summed E-state index contributed by atoms with van der Waals surface area (Å²) >= 11 is 30.6. The molecule has 28 heteroatoms. The fourth-order valence-corrected chi connectivity index (χ4v) is 15.5. The number of aryl methyl sites for hydroxylation is 6. The first-order valence-corrected chi connectivity index (χ1v) is 43.9. The summed E-state index contributed by atoms with van der Waals surface area (Å²) in [7, 11) is 0.745. The minimum Gasteiger partial charge on any atom is -0.790 e. The van der Waals surface area contributed by atoms with Crippen LogP contribution in [0.4, 0.5) is 0 Å². The average Bonchev–Trinajstić information content (AvgIpc) is 1.58. The second-order valence-electron chi connectivity index (χ2n) is 28.4. The van der Waals surface area contributed by atoms with Crippen molar-refractivity contribution in [2.24, 2.45) is 0 Å². The van der Waals surface area contributed by atoms with Crippen LogP contribution in [0, 0.1) is 20.8 Å². The van der Waals surface area contributed by atoms with E-state index in [2.05, 4.69) is 94.7 Å². The number of carbonyl (C=O) groups is 3. The second kappa shape index (κ2) is 58.7. The standard InChI is InChI=1S/C26H43ClN4O4S.C26H43ClN4O2S.C23H36Cl2N4O2.C3H8S.Na/c1-20(2)36(33,34)25-23-24(29-26(27)30-25)28-21(3)31(23)19-17-15-13-11-9-7-5-6-8-10-12-14-16-18-22(32)35-4;1-20(2)34-25-23-24(29-26(27)30-25)28-21(3)31(23)19-17-15-13-11-9-7-5-6-8-10-12-14-16-18-22(32)33-4;1-18-26-22-20(21(24)27-23(25)28-22)29(18)17-15-13-11-9-7-5-3-4-6-8-10-12-14-16-19(30)31-2;1-3(2)4;/h20H,5-19H2,1-4H3;20H,5-19H2,1-4H3;3-17H2,1-2H3;3-4H,1-2H3;/q;;;;+1/p-1. The van der Waals surface area contributed by atoms with Crippen molar-refractivity contribution in [2.45, 2.75) is 377 Å². The predicted octanol–water partition coefficient (Wildman–Crippen LogP) is 19.5. The van der Waals surface area contributed by atoms with Gasteiger partial charge in [-0.2, -0.15) is 20.2 Å². The fraction of sp³-hybridized carbons (Fsp3) is 0.769. The Morgan fingerprint density at radius 2 is 0.623 bits per heavy atom. The molecular formula is C78H129Cl4N12NaO8S3. The topological polar surface area (TPSA) is 244 Å². The molecule has 20 nitrogen and oxygen atoms in total. The fourth-order valence-electron chi connectivity index (χ4n) is 12.6. The number of unbranched alkanes of at least 4 members (excludes halogenated alkanes) is 36. The number of aromatic nitrogens is 12. The van der Waals surface area contributed by atoms with Crippen LogP contribution >= 0.6 is 58.2 Å².